The maximum Gasteiger partial charge on any atom is 0.303 e. The van der Waals surface area contributed by atoms with Crippen molar-refractivity contribution >= 4 is 16.0 Å². The summed E-state index contributed by atoms with van der Waals surface area (Å²) in [6.45, 7) is 2.48. The van der Waals surface area contributed by atoms with Crippen molar-refractivity contribution < 1.29 is 23.1 Å². The lowest BCUT2D eigenvalue weighted by atomic mass is 10.2. The molecular weight excluding hydrogens is 282 g/mol. The Kier molecular flexibility index (Phi) is 7.47. The van der Waals surface area contributed by atoms with Crippen molar-refractivity contribution in [2.24, 2.45) is 5.92 Å². The second-order valence-electron chi connectivity index (χ2n) is 5.52. The van der Waals surface area contributed by atoms with Gasteiger partial charge in [-0.2, -0.15) is 0 Å². The molecule has 1 atom stereocenters. The first kappa shape index (κ1) is 17.4. The van der Waals surface area contributed by atoms with Crippen LogP contribution in [0, 0.1) is 5.92 Å². The molecule has 118 valence electrons. The van der Waals surface area contributed by atoms with Crippen molar-refractivity contribution in [3.63, 3.8) is 0 Å². The summed E-state index contributed by atoms with van der Waals surface area (Å²) < 4.78 is 31.7. The summed E-state index contributed by atoms with van der Waals surface area (Å²) >= 11 is 0. The van der Waals surface area contributed by atoms with Crippen LogP contribution < -0.4 is 4.72 Å². The number of ether oxygens (including phenoxy) is 1. The molecule has 0 aromatic rings. The third kappa shape index (κ3) is 7.81. The van der Waals surface area contributed by atoms with E-state index in [0.29, 0.717) is 19.1 Å². The zero-order valence-electron chi connectivity index (χ0n) is 12.0. The Balaban J connectivity index is 2.17. The topological polar surface area (TPSA) is 92.7 Å². The SMILES string of the molecule is CC(COC1CCCC1)CS(=O)(=O)NCCCC(=O)O. The van der Waals surface area contributed by atoms with E-state index in [1.165, 1.54) is 12.8 Å². The van der Waals surface area contributed by atoms with Gasteiger partial charge < -0.3 is 9.84 Å². The fraction of sp³-hybridized carbons (Fsp3) is 0.923. The average Bonchev–Trinajstić information content (AvgIpc) is 2.84. The molecule has 20 heavy (non-hydrogen) atoms. The molecule has 0 amide bonds. The van der Waals surface area contributed by atoms with Crippen LogP contribution >= 0.6 is 0 Å². The number of carboxylic acid groups (broad SMARTS) is 1. The molecule has 1 fully saturated rings. The Labute approximate surface area is 120 Å². The highest BCUT2D eigenvalue weighted by Gasteiger charge is 2.19. The smallest absolute Gasteiger partial charge is 0.303 e. The molecule has 0 aromatic heterocycles. The lowest BCUT2D eigenvalue weighted by Crippen LogP contribution is -2.32. The highest BCUT2D eigenvalue weighted by atomic mass is 32.2. The molecule has 0 aliphatic heterocycles. The highest BCUT2D eigenvalue weighted by Crippen LogP contribution is 2.21. The fourth-order valence-corrected chi connectivity index (χ4v) is 3.72. The number of carbonyl (C=O) groups is 1. The van der Waals surface area contributed by atoms with Gasteiger partial charge in [0, 0.05) is 13.0 Å². The number of nitrogens with one attached hydrogen (secondary N) is 1. The molecule has 1 aliphatic carbocycles. The minimum absolute atomic E-state index is 0.0206. The molecule has 6 nitrogen and oxygen atoms in total. The molecule has 0 bridgehead atoms. The summed E-state index contributed by atoms with van der Waals surface area (Å²) in [6.07, 6.45) is 5.12. The molecule has 0 heterocycles. The van der Waals surface area contributed by atoms with E-state index < -0.39 is 16.0 Å². The van der Waals surface area contributed by atoms with E-state index in [2.05, 4.69) is 4.72 Å². The van der Waals surface area contributed by atoms with Gasteiger partial charge in [-0.25, -0.2) is 13.1 Å². The van der Waals surface area contributed by atoms with E-state index >= 15 is 0 Å². The van der Waals surface area contributed by atoms with E-state index in [1.54, 1.807) is 0 Å². The van der Waals surface area contributed by atoms with Crippen molar-refractivity contribution in [1.29, 1.82) is 0 Å². The summed E-state index contributed by atoms with van der Waals surface area (Å²) in [5.74, 6) is -0.956. The van der Waals surface area contributed by atoms with Gasteiger partial charge >= 0.3 is 5.97 Å². The standard InChI is InChI=1S/C13H25NO5S/c1-11(9-19-12-5-2-3-6-12)10-20(17,18)14-8-4-7-13(15)16/h11-12,14H,2-10H2,1H3,(H,15,16). The summed E-state index contributed by atoms with van der Waals surface area (Å²) in [7, 11) is -3.35. The number of carboxylic acids is 1. The van der Waals surface area contributed by atoms with Crippen molar-refractivity contribution in [3.05, 3.63) is 0 Å². The summed E-state index contributed by atoms with van der Waals surface area (Å²) in [5, 5.41) is 8.47. The molecule has 1 unspecified atom stereocenters. The van der Waals surface area contributed by atoms with Crippen LogP contribution in [0.1, 0.15) is 45.4 Å². The van der Waals surface area contributed by atoms with E-state index in [4.69, 9.17) is 9.84 Å². The fourth-order valence-electron chi connectivity index (χ4n) is 2.30. The number of hydrogen-bond acceptors (Lipinski definition) is 4. The summed E-state index contributed by atoms with van der Waals surface area (Å²) in [5.41, 5.74) is 0. The Morgan fingerprint density at radius 1 is 1.40 bits per heavy atom. The zero-order chi connectivity index (χ0) is 15.0. The number of rotatable bonds is 10. The third-order valence-corrected chi connectivity index (χ3v) is 4.96. The lowest BCUT2D eigenvalue weighted by Gasteiger charge is -2.16. The monoisotopic (exact) mass is 307 g/mol. The van der Waals surface area contributed by atoms with Crippen LogP contribution in [-0.4, -0.2) is 44.5 Å². The van der Waals surface area contributed by atoms with Gasteiger partial charge in [-0.05, 0) is 25.2 Å². The van der Waals surface area contributed by atoms with Crippen LogP contribution in [-0.2, 0) is 19.6 Å². The van der Waals surface area contributed by atoms with E-state index in [0.717, 1.165) is 12.8 Å². The van der Waals surface area contributed by atoms with Crippen molar-refractivity contribution in [2.75, 3.05) is 18.9 Å². The largest absolute Gasteiger partial charge is 0.481 e. The maximum atomic E-state index is 11.8. The van der Waals surface area contributed by atoms with E-state index in [1.807, 2.05) is 6.92 Å². The first-order valence-corrected chi connectivity index (χ1v) is 8.85. The molecule has 1 rings (SSSR count). The van der Waals surface area contributed by atoms with Crippen molar-refractivity contribution in [1.82, 2.24) is 4.72 Å². The first-order valence-electron chi connectivity index (χ1n) is 7.20. The van der Waals surface area contributed by atoms with Gasteiger partial charge in [0.25, 0.3) is 0 Å². The molecule has 0 aromatic carbocycles. The van der Waals surface area contributed by atoms with Crippen molar-refractivity contribution in [3.8, 4) is 0 Å². The molecule has 0 spiro atoms. The molecule has 0 saturated heterocycles. The van der Waals surface area contributed by atoms with Crippen LogP contribution in [0.15, 0.2) is 0 Å². The summed E-state index contributed by atoms with van der Waals surface area (Å²) in [4.78, 5) is 10.3. The van der Waals surface area contributed by atoms with Gasteiger partial charge in [-0.3, -0.25) is 4.79 Å². The molecule has 1 saturated carbocycles. The second kappa shape index (κ2) is 8.59. The number of hydrogen-bond donors (Lipinski definition) is 2. The van der Waals surface area contributed by atoms with Gasteiger partial charge in [0.1, 0.15) is 0 Å². The average molecular weight is 307 g/mol. The highest BCUT2D eigenvalue weighted by molar-refractivity contribution is 7.89. The lowest BCUT2D eigenvalue weighted by molar-refractivity contribution is -0.137. The normalized spacial score (nSPS) is 18.2. The molecule has 1 aliphatic rings. The Bertz CT molecular complexity index is 390. The first-order chi connectivity index (χ1) is 9.39. The maximum absolute atomic E-state index is 11.8. The quantitative estimate of drug-likeness (QED) is 0.595. The third-order valence-electron chi connectivity index (χ3n) is 3.31. The molecule has 7 heteroatoms. The predicted molar refractivity (Wildman–Crippen MR) is 76.0 cm³/mol. The van der Waals surface area contributed by atoms with Gasteiger partial charge in [-0.1, -0.05) is 19.8 Å². The van der Waals surface area contributed by atoms with E-state index in [9.17, 15) is 13.2 Å². The number of sulfonamides is 1. The zero-order valence-corrected chi connectivity index (χ0v) is 12.8. The van der Waals surface area contributed by atoms with Gasteiger partial charge in [0.15, 0.2) is 0 Å². The van der Waals surface area contributed by atoms with Gasteiger partial charge in [0.05, 0.1) is 18.5 Å². The van der Waals surface area contributed by atoms with Crippen LogP contribution in [0.4, 0.5) is 0 Å². The second-order valence-corrected chi connectivity index (χ2v) is 7.37. The minimum atomic E-state index is -3.35. The van der Waals surface area contributed by atoms with E-state index in [-0.39, 0.29) is 24.6 Å². The Morgan fingerprint density at radius 3 is 2.65 bits per heavy atom. The molecule has 2 N–H and O–H groups in total. The van der Waals surface area contributed by atoms with Gasteiger partial charge in [0.2, 0.25) is 10.0 Å². The van der Waals surface area contributed by atoms with Gasteiger partial charge in [-0.15, -0.1) is 0 Å². The summed E-state index contributed by atoms with van der Waals surface area (Å²) in [6, 6.07) is 0. The number of aliphatic carboxylic acids is 1. The Hall–Kier alpha value is -0.660. The molecular formula is C13H25NO5S. The minimum Gasteiger partial charge on any atom is -0.481 e. The van der Waals surface area contributed by atoms with Crippen LogP contribution in [0.3, 0.4) is 0 Å². The molecule has 0 radical (unpaired) electrons. The van der Waals surface area contributed by atoms with Crippen LogP contribution in [0.25, 0.3) is 0 Å². The predicted octanol–water partition coefficient (Wildman–Crippen LogP) is 1.37. The van der Waals surface area contributed by atoms with Crippen LogP contribution in [0.5, 0.6) is 0 Å². The van der Waals surface area contributed by atoms with Crippen LogP contribution in [0.2, 0.25) is 0 Å². The Morgan fingerprint density at radius 2 is 2.05 bits per heavy atom. The van der Waals surface area contributed by atoms with Crippen molar-refractivity contribution in [2.45, 2.75) is 51.6 Å².